The molecule has 1 amide bonds. The van der Waals surface area contributed by atoms with Gasteiger partial charge in [-0.2, -0.15) is 4.80 Å². The van der Waals surface area contributed by atoms with Crippen LogP contribution >= 0.6 is 11.6 Å². The van der Waals surface area contributed by atoms with Crippen molar-refractivity contribution in [1.29, 1.82) is 0 Å². The Labute approximate surface area is 139 Å². The highest BCUT2D eigenvalue weighted by atomic mass is 35.5. The fourth-order valence-corrected chi connectivity index (χ4v) is 2.89. The van der Waals surface area contributed by atoms with Gasteiger partial charge in [0.1, 0.15) is 6.54 Å². The molecule has 1 atom stereocenters. The molecule has 0 radical (unpaired) electrons. The Morgan fingerprint density at radius 2 is 2.17 bits per heavy atom. The Morgan fingerprint density at radius 3 is 2.91 bits per heavy atom. The van der Waals surface area contributed by atoms with Crippen LogP contribution in [-0.4, -0.2) is 57.7 Å². The van der Waals surface area contributed by atoms with Crippen LogP contribution in [0.1, 0.15) is 6.42 Å². The number of hydrogen-bond acceptors (Lipinski definition) is 5. The Morgan fingerprint density at radius 1 is 1.39 bits per heavy atom. The normalized spacial score (nSPS) is 17.7. The van der Waals surface area contributed by atoms with Gasteiger partial charge in [-0.1, -0.05) is 11.6 Å². The van der Waals surface area contributed by atoms with Gasteiger partial charge >= 0.3 is 0 Å². The number of hydrogen-bond donors (Lipinski definition) is 1. The average molecular weight is 335 g/mol. The molecule has 122 valence electrons. The molecule has 2 aromatic rings. The molecule has 1 N–H and O–H groups in total. The predicted octanol–water partition coefficient (Wildman–Crippen LogP) is 1.06. The zero-order chi connectivity index (χ0) is 16.2. The summed E-state index contributed by atoms with van der Waals surface area (Å²) in [6.45, 7) is 2.64. The molecule has 0 aliphatic carbocycles. The molecule has 0 unspecified atom stereocenters. The van der Waals surface area contributed by atoms with Crippen molar-refractivity contribution in [2.24, 2.45) is 5.92 Å². The molecule has 7 nitrogen and oxygen atoms in total. The summed E-state index contributed by atoms with van der Waals surface area (Å²) in [7, 11) is 1.93. The van der Waals surface area contributed by atoms with Crippen molar-refractivity contribution in [2.75, 3.05) is 26.7 Å². The van der Waals surface area contributed by atoms with Crippen LogP contribution in [-0.2, 0) is 11.3 Å². The number of likely N-dealkylation sites (tertiary alicyclic amines) is 1. The van der Waals surface area contributed by atoms with Gasteiger partial charge in [-0.25, -0.2) is 0 Å². The van der Waals surface area contributed by atoms with Crippen molar-refractivity contribution >= 4 is 17.5 Å². The largest absolute Gasteiger partial charge is 0.341 e. The summed E-state index contributed by atoms with van der Waals surface area (Å²) < 4.78 is 0. The summed E-state index contributed by atoms with van der Waals surface area (Å²) in [6, 6.07) is 7.20. The second kappa shape index (κ2) is 7.06. The maximum absolute atomic E-state index is 12.3. The number of carbonyl (C=O) groups is 1. The summed E-state index contributed by atoms with van der Waals surface area (Å²) in [5.74, 6) is 1.05. The van der Waals surface area contributed by atoms with Crippen LogP contribution in [0.5, 0.6) is 0 Å². The molecule has 0 spiro atoms. The van der Waals surface area contributed by atoms with Gasteiger partial charge in [0.2, 0.25) is 11.7 Å². The van der Waals surface area contributed by atoms with Gasteiger partial charge in [0.05, 0.1) is 0 Å². The van der Waals surface area contributed by atoms with E-state index in [0.717, 1.165) is 31.6 Å². The molecule has 1 fully saturated rings. The molecular formula is C15H19ClN6O. The molecule has 1 aromatic carbocycles. The number of halogens is 1. The van der Waals surface area contributed by atoms with Gasteiger partial charge in [-0.15, -0.1) is 10.2 Å². The number of nitrogens with zero attached hydrogens (tertiary/aromatic N) is 5. The van der Waals surface area contributed by atoms with Crippen molar-refractivity contribution in [3.05, 3.63) is 29.3 Å². The summed E-state index contributed by atoms with van der Waals surface area (Å²) in [5.41, 5.74) is 0.823. The molecule has 1 saturated heterocycles. The van der Waals surface area contributed by atoms with E-state index in [1.54, 1.807) is 12.1 Å². The smallest absolute Gasteiger partial charge is 0.246 e. The van der Waals surface area contributed by atoms with Gasteiger partial charge in [0.15, 0.2) is 0 Å². The molecule has 1 aliphatic rings. The Kier molecular flexibility index (Phi) is 4.88. The third kappa shape index (κ3) is 3.86. The maximum atomic E-state index is 12.3. The second-order valence-corrected chi connectivity index (χ2v) is 6.14. The summed E-state index contributed by atoms with van der Waals surface area (Å²) >= 11 is 5.86. The fraction of sp³-hybridized carbons (Fsp3) is 0.467. The molecule has 0 bridgehead atoms. The number of tetrazole rings is 1. The van der Waals surface area contributed by atoms with Crippen LogP contribution in [0, 0.1) is 5.92 Å². The predicted molar refractivity (Wildman–Crippen MR) is 86.9 cm³/mol. The quantitative estimate of drug-likeness (QED) is 0.885. The van der Waals surface area contributed by atoms with Crippen LogP contribution in [0.15, 0.2) is 24.3 Å². The van der Waals surface area contributed by atoms with Crippen LogP contribution in [0.3, 0.4) is 0 Å². The lowest BCUT2D eigenvalue weighted by Crippen LogP contribution is -2.33. The molecular weight excluding hydrogens is 316 g/mol. The second-order valence-electron chi connectivity index (χ2n) is 5.70. The van der Waals surface area contributed by atoms with Crippen molar-refractivity contribution in [3.8, 4) is 11.4 Å². The van der Waals surface area contributed by atoms with E-state index in [2.05, 4.69) is 20.7 Å². The zero-order valence-corrected chi connectivity index (χ0v) is 13.7. The van der Waals surface area contributed by atoms with E-state index in [0.29, 0.717) is 16.8 Å². The number of amides is 1. The standard InChI is InChI=1S/C15H19ClN6O/c1-17-8-11-6-7-21(9-11)14(23)10-22-19-15(18-20-22)12-2-4-13(16)5-3-12/h2-5,11,17H,6-10H2,1H3/t11-/m0/s1. The number of rotatable bonds is 5. The first-order valence-corrected chi connectivity index (χ1v) is 7.99. The van der Waals surface area contributed by atoms with Crippen molar-refractivity contribution in [1.82, 2.24) is 30.4 Å². The average Bonchev–Trinajstić information content (AvgIpc) is 3.18. The third-order valence-electron chi connectivity index (χ3n) is 3.96. The highest BCUT2D eigenvalue weighted by Crippen LogP contribution is 2.18. The van der Waals surface area contributed by atoms with Crippen molar-refractivity contribution in [2.45, 2.75) is 13.0 Å². The zero-order valence-electron chi connectivity index (χ0n) is 12.9. The first-order chi connectivity index (χ1) is 11.2. The van der Waals surface area contributed by atoms with E-state index in [-0.39, 0.29) is 12.5 Å². The van der Waals surface area contributed by atoms with E-state index >= 15 is 0 Å². The molecule has 1 aromatic heterocycles. The summed E-state index contributed by atoms with van der Waals surface area (Å²) in [5, 5.41) is 16.0. The number of carbonyl (C=O) groups excluding carboxylic acids is 1. The van der Waals surface area contributed by atoms with Gasteiger partial charge < -0.3 is 10.2 Å². The molecule has 8 heteroatoms. The minimum atomic E-state index is 0.0312. The highest BCUT2D eigenvalue weighted by Gasteiger charge is 2.26. The van der Waals surface area contributed by atoms with Crippen LogP contribution in [0.2, 0.25) is 5.02 Å². The third-order valence-corrected chi connectivity index (χ3v) is 4.22. The minimum absolute atomic E-state index is 0.0312. The molecule has 3 rings (SSSR count). The molecule has 2 heterocycles. The number of nitrogens with one attached hydrogen (secondary N) is 1. The highest BCUT2D eigenvalue weighted by molar-refractivity contribution is 6.30. The Bertz CT molecular complexity index is 671. The number of aromatic nitrogens is 4. The van der Waals surface area contributed by atoms with Crippen molar-refractivity contribution in [3.63, 3.8) is 0 Å². The summed E-state index contributed by atoms with van der Waals surface area (Å²) in [6.07, 6.45) is 1.04. The van der Waals surface area contributed by atoms with E-state index in [9.17, 15) is 4.79 Å². The Hall–Kier alpha value is -1.99. The van der Waals surface area contributed by atoms with E-state index < -0.39 is 0 Å². The lowest BCUT2D eigenvalue weighted by molar-refractivity contribution is -0.131. The van der Waals surface area contributed by atoms with Gasteiger partial charge in [0, 0.05) is 23.7 Å². The summed E-state index contributed by atoms with van der Waals surface area (Å²) in [4.78, 5) is 15.5. The Balaban J connectivity index is 1.61. The van der Waals surface area contributed by atoms with Crippen LogP contribution in [0.25, 0.3) is 11.4 Å². The minimum Gasteiger partial charge on any atom is -0.341 e. The van der Waals surface area contributed by atoms with Crippen LogP contribution < -0.4 is 5.32 Å². The lowest BCUT2D eigenvalue weighted by Gasteiger charge is -2.15. The molecule has 1 aliphatic heterocycles. The fourth-order valence-electron chi connectivity index (χ4n) is 2.76. The monoisotopic (exact) mass is 334 g/mol. The van der Waals surface area contributed by atoms with E-state index in [4.69, 9.17) is 11.6 Å². The van der Waals surface area contributed by atoms with Crippen LogP contribution in [0.4, 0.5) is 0 Å². The van der Waals surface area contributed by atoms with Crippen molar-refractivity contribution < 1.29 is 4.79 Å². The maximum Gasteiger partial charge on any atom is 0.246 e. The van der Waals surface area contributed by atoms with Gasteiger partial charge in [-0.05, 0) is 55.4 Å². The van der Waals surface area contributed by atoms with Gasteiger partial charge in [0.25, 0.3) is 0 Å². The number of benzene rings is 1. The first-order valence-electron chi connectivity index (χ1n) is 7.62. The first kappa shape index (κ1) is 15.9. The lowest BCUT2D eigenvalue weighted by atomic mass is 10.1. The SMILES string of the molecule is CNC[C@@H]1CCN(C(=O)Cn2nnc(-c3ccc(Cl)cc3)n2)C1. The topological polar surface area (TPSA) is 75.9 Å². The van der Waals surface area contributed by atoms with Gasteiger partial charge in [-0.3, -0.25) is 4.79 Å². The molecule has 0 saturated carbocycles. The van der Waals surface area contributed by atoms with E-state index in [1.165, 1.54) is 4.80 Å². The van der Waals surface area contributed by atoms with E-state index in [1.807, 2.05) is 24.1 Å². The molecule has 23 heavy (non-hydrogen) atoms.